The Balaban J connectivity index is 1.65. The first-order valence-corrected chi connectivity index (χ1v) is 10.2. The fraction of sp³-hybridized carbons (Fsp3) is 0.316. The summed E-state index contributed by atoms with van der Waals surface area (Å²) >= 11 is 3.30. The molecular formula is C19H18FNO3S2. The van der Waals surface area contributed by atoms with Gasteiger partial charge in [0, 0.05) is 29.7 Å². The molecule has 1 aliphatic rings. The van der Waals surface area contributed by atoms with Crippen LogP contribution in [0.15, 0.2) is 50.4 Å². The van der Waals surface area contributed by atoms with Crippen molar-refractivity contribution in [1.82, 2.24) is 4.90 Å². The predicted octanol–water partition coefficient (Wildman–Crippen LogP) is 4.33. The summed E-state index contributed by atoms with van der Waals surface area (Å²) in [6, 6.07) is 11.6. The molecule has 0 radical (unpaired) electrons. The van der Waals surface area contributed by atoms with E-state index in [2.05, 4.69) is 0 Å². The summed E-state index contributed by atoms with van der Waals surface area (Å²) in [5, 5.41) is 12.1. The van der Waals surface area contributed by atoms with Crippen LogP contribution in [0.1, 0.15) is 22.5 Å². The first-order chi connectivity index (χ1) is 12.6. The largest absolute Gasteiger partial charge is 0.451 e. The molecule has 136 valence electrons. The van der Waals surface area contributed by atoms with E-state index in [1.165, 1.54) is 4.90 Å². The Bertz CT molecular complexity index is 924. The summed E-state index contributed by atoms with van der Waals surface area (Å²) in [5.74, 6) is 0.570. The number of aliphatic hydroxyl groups is 1. The molecule has 0 saturated carbocycles. The van der Waals surface area contributed by atoms with E-state index in [0.29, 0.717) is 11.3 Å². The zero-order valence-corrected chi connectivity index (χ0v) is 15.6. The van der Waals surface area contributed by atoms with Crippen LogP contribution in [0.5, 0.6) is 0 Å². The van der Waals surface area contributed by atoms with Gasteiger partial charge in [-0.05, 0) is 17.5 Å². The number of amides is 1. The van der Waals surface area contributed by atoms with Crippen LogP contribution in [0.4, 0.5) is 4.39 Å². The number of halogens is 1. The summed E-state index contributed by atoms with van der Waals surface area (Å²) in [7, 11) is 0. The maximum absolute atomic E-state index is 14.3. The molecule has 1 unspecified atom stereocenters. The highest BCUT2D eigenvalue weighted by atomic mass is 32.2. The standard InChI is InChI=1S/C19H18FNO3S2/c20-19(12-22)7-8-21(11-19)18(23)17-14(10-26-16-6-3-9-25-16)13-4-1-2-5-15(13)24-17/h1-6,9,22H,7-8,10-12H2. The Labute approximate surface area is 158 Å². The molecule has 3 aromatic rings. The number of furan rings is 1. The van der Waals surface area contributed by atoms with E-state index in [1.807, 2.05) is 41.8 Å². The number of alkyl halides is 1. The number of likely N-dealkylation sites (tertiary alicyclic amines) is 1. The number of para-hydroxylation sites is 1. The van der Waals surface area contributed by atoms with Gasteiger partial charge in [-0.2, -0.15) is 0 Å². The molecule has 1 aromatic carbocycles. The number of carbonyl (C=O) groups excluding carboxylic acids is 1. The molecule has 4 rings (SSSR count). The van der Waals surface area contributed by atoms with Gasteiger partial charge < -0.3 is 14.4 Å². The molecule has 1 saturated heterocycles. The van der Waals surface area contributed by atoms with E-state index in [9.17, 15) is 14.3 Å². The molecule has 2 aromatic heterocycles. The lowest BCUT2D eigenvalue weighted by molar-refractivity contribution is 0.0611. The SMILES string of the molecule is O=C(c1oc2ccccc2c1CSc1cccs1)N1CCC(F)(CO)C1. The van der Waals surface area contributed by atoms with Gasteiger partial charge in [0.05, 0.1) is 17.4 Å². The minimum Gasteiger partial charge on any atom is -0.451 e. The molecule has 4 nitrogen and oxygen atoms in total. The third-order valence-corrected chi connectivity index (χ3v) is 6.78. The third-order valence-electron chi connectivity index (χ3n) is 4.62. The molecule has 3 heterocycles. The molecule has 0 aliphatic carbocycles. The van der Waals surface area contributed by atoms with Crippen LogP contribution < -0.4 is 0 Å². The quantitative estimate of drug-likeness (QED) is 0.658. The Morgan fingerprint density at radius 1 is 1.35 bits per heavy atom. The molecule has 0 bridgehead atoms. The lowest BCUT2D eigenvalue weighted by Crippen LogP contribution is -2.35. The van der Waals surface area contributed by atoms with Crippen molar-refractivity contribution in [2.75, 3.05) is 19.7 Å². The predicted molar refractivity (Wildman–Crippen MR) is 102 cm³/mol. The number of thiophene rings is 1. The minimum absolute atomic E-state index is 0.100. The fourth-order valence-corrected chi connectivity index (χ4v) is 5.00. The van der Waals surface area contributed by atoms with Crippen LogP contribution >= 0.6 is 23.1 Å². The molecule has 7 heteroatoms. The van der Waals surface area contributed by atoms with E-state index >= 15 is 0 Å². The fourth-order valence-electron chi connectivity index (χ4n) is 3.19. The summed E-state index contributed by atoms with van der Waals surface area (Å²) in [6.07, 6.45) is 0.148. The van der Waals surface area contributed by atoms with E-state index in [0.717, 1.165) is 15.2 Å². The van der Waals surface area contributed by atoms with Gasteiger partial charge >= 0.3 is 0 Å². The normalized spacial score (nSPS) is 20.2. The van der Waals surface area contributed by atoms with Crippen molar-refractivity contribution in [2.45, 2.75) is 22.1 Å². The molecule has 1 N–H and O–H groups in total. The average molecular weight is 391 g/mol. The highest BCUT2D eigenvalue weighted by Crippen LogP contribution is 2.35. The Kier molecular flexibility index (Phi) is 4.77. The van der Waals surface area contributed by atoms with Gasteiger partial charge in [0.25, 0.3) is 5.91 Å². The van der Waals surface area contributed by atoms with E-state index in [1.54, 1.807) is 23.1 Å². The molecule has 1 amide bonds. The summed E-state index contributed by atoms with van der Waals surface area (Å²) in [6.45, 7) is -0.390. The first kappa shape index (κ1) is 17.6. The van der Waals surface area contributed by atoms with Crippen LogP contribution in [-0.4, -0.2) is 41.3 Å². The van der Waals surface area contributed by atoms with E-state index in [4.69, 9.17) is 4.42 Å². The minimum atomic E-state index is -1.71. The number of rotatable bonds is 5. The van der Waals surface area contributed by atoms with Crippen LogP contribution in [0.2, 0.25) is 0 Å². The second-order valence-electron chi connectivity index (χ2n) is 6.41. The smallest absolute Gasteiger partial charge is 0.290 e. The maximum Gasteiger partial charge on any atom is 0.290 e. The van der Waals surface area contributed by atoms with Crippen LogP contribution in [0, 0.1) is 0 Å². The molecule has 0 spiro atoms. The van der Waals surface area contributed by atoms with Crippen LogP contribution in [-0.2, 0) is 5.75 Å². The Morgan fingerprint density at radius 3 is 2.92 bits per heavy atom. The summed E-state index contributed by atoms with van der Waals surface area (Å²) < 4.78 is 21.4. The van der Waals surface area contributed by atoms with Crippen molar-refractivity contribution >= 4 is 40.0 Å². The zero-order chi connectivity index (χ0) is 18.1. The molecular weight excluding hydrogens is 373 g/mol. The van der Waals surface area contributed by atoms with Gasteiger partial charge in [0.2, 0.25) is 0 Å². The number of thioether (sulfide) groups is 1. The van der Waals surface area contributed by atoms with Crippen molar-refractivity contribution in [3.8, 4) is 0 Å². The third kappa shape index (κ3) is 3.26. The number of hydrogen-bond acceptors (Lipinski definition) is 5. The van der Waals surface area contributed by atoms with Crippen LogP contribution in [0.25, 0.3) is 11.0 Å². The van der Waals surface area contributed by atoms with Crippen molar-refractivity contribution in [2.24, 2.45) is 0 Å². The van der Waals surface area contributed by atoms with Gasteiger partial charge in [0.15, 0.2) is 11.4 Å². The Hall–Kier alpha value is -1.83. The Morgan fingerprint density at radius 2 is 2.19 bits per heavy atom. The van der Waals surface area contributed by atoms with Gasteiger partial charge in [-0.1, -0.05) is 24.3 Å². The molecule has 1 atom stereocenters. The number of benzene rings is 1. The zero-order valence-electron chi connectivity index (χ0n) is 14.0. The molecule has 26 heavy (non-hydrogen) atoms. The van der Waals surface area contributed by atoms with Gasteiger partial charge in [-0.15, -0.1) is 23.1 Å². The average Bonchev–Trinajstić information content (AvgIpc) is 3.38. The monoisotopic (exact) mass is 391 g/mol. The van der Waals surface area contributed by atoms with E-state index in [-0.39, 0.29) is 31.2 Å². The molecule has 1 fully saturated rings. The van der Waals surface area contributed by atoms with E-state index < -0.39 is 12.3 Å². The molecule has 1 aliphatic heterocycles. The second kappa shape index (κ2) is 7.06. The first-order valence-electron chi connectivity index (χ1n) is 8.35. The van der Waals surface area contributed by atoms with Crippen molar-refractivity contribution < 1.29 is 18.7 Å². The maximum atomic E-state index is 14.3. The lowest BCUT2D eigenvalue weighted by Gasteiger charge is -2.18. The van der Waals surface area contributed by atoms with Gasteiger partial charge in [0.1, 0.15) is 5.58 Å². The van der Waals surface area contributed by atoms with Gasteiger partial charge in [-0.3, -0.25) is 4.79 Å². The number of fused-ring (bicyclic) bond motifs is 1. The van der Waals surface area contributed by atoms with Crippen molar-refractivity contribution in [3.05, 3.63) is 53.1 Å². The number of hydrogen-bond donors (Lipinski definition) is 1. The highest BCUT2D eigenvalue weighted by Gasteiger charge is 2.41. The van der Waals surface area contributed by atoms with Crippen LogP contribution in [0.3, 0.4) is 0 Å². The highest BCUT2D eigenvalue weighted by molar-refractivity contribution is 8.00. The lowest BCUT2D eigenvalue weighted by atomic mass is 10.1. The number of aliphatic hydroxyl groups excluding tert-OH is 1. The number of nitrogens with zero attached hydrogens (tertiary/aromatic N) is 1. The summed E-state index contributed by atoms with van der Waals surface area (Å²) in [5.41, 5.74) is -0.219. The second-order valence-corrected chi connectivity index (χ2v) is 8.64. The summed E-state index contributed by atoms with van der Waals surface area (Å²) in [4.78, 5) is 14.4. The topological polar surface area (TPSA) is 53.7 Å². The van der Waals surface area contributed by atoms with Gasteiger partial charge in [-0.25, -0.2) is 4.39 Å². The van der Waals surface area contributed by atoms with Crippen molar-refractivity contribution in [1.29, 1.82) is 0 Å². The van der Waals surface area contributed by atoms with Crippen molar-refractivity contribution in [3.63, 3.8) is 0 Å². The number of carbonyl (C=O) groups is 1.